The van der Waals surface area contributed by atoms with Gasteiger partial charge in [0.25, 0.3) is 0 Å². The summed E-state index contributed by atoms with van der Waals surface area (Å²) in [6.45, 7) is 5.67. The summed E-state index contributed by atoms with van der Waals surface area (Å²) in [7, 11) is 0. The van der Waals surface area contributed by atoms with Crippen LogP contribution < -0.4 is 0 Å². The minimum atomic E-state index is -0.582. The second kappa shape index (κ2) is 7.49. The second-order valence-corrected chi connectivity index (χ2v) is 7.45. The van der Waals surface area contributed by atoms with Crippen LogP contribution in [-0.2, 0) is 20.8 Å². The number of hydrogen-bond acceptors (Lipinski definition) is 4. The molecule has 2 aromatic rings. The van der Waals surface area contributed by atoms with Crippen molar-refractivity contribution >= 4 is 0 Å². The van der Waals surface area contributed by atoms with E-state index >= 15 is 0 Å². The van der Waals surface area contributed by atoms with Gasteiger partial charge in [0.2, 0.25) is 0 Å². The van der Waals surface area contributed by atoms with E-state index in [0.717, 1.165) is 11.1 Å². The van der Waals surface area contributed by atoms with Crippen LogP contribution in [0.25, 0.3) is 0 Å². The molecule has 1 N–H and O–H groups in total. The molecule has 4 nitrogen and oxygen atoms in total. The van der Waals surface area contributed by atoms with Gasteiger partial charge in [-0.25, -0.2) is 0 Å². The van der Waals surface area contributed by atoms with Crippen molar-refractivity contribution in [2.24, 2.45) is 5.92 Å². The Morgan fingerprint density at radius 2 is 1.54 bits per heavy atom. The van der Waals surface area contributed by atoms with Gasteiger partial charge in [-0.3, -0.25) is 0 Å². The minimum absolute atomic E-state index is 0.0596. The van der Waals surface area contributed by atoms with Gasteiger partial charge >= 0.3 is 0 Å². The van der Waals surface area contributed by atoms with Crippen LogP contribution in [0.3, 0.4) is 0 Å². The molecule has 0 amide bonds. The zero-order valence-electron chi connectivity index (χ0n) is 15.3. The van der Waals surface area contributed by atoms with Crippen molar-refractivity contribution in [3.63, 3.8) is 0 Å². The summed E-state index contributed by atoms with van der Waals surface area (Å²) in [6, 6.07) is 16.4. The maximum atomic E-state index is 10.8. The predicted molar refractivity (Wildman–Crippen MR) is 98.9 cm³/mol. The fraction of sp³-hybridized carbons (Fsp3) is 0.455. The Morgan fingerprint density at radius 3 is 2.23 bits per heavy atom. The van der Waals surface area contributed by atoms with Crippen LogP contribution in [0.4, 0.5) is 0 Å². The third-order valence-corrected chi connectivity index (χ3v) is 5.46. The molecule has 4 heteroatoms. The number of ether oxygens (including phenoxy) is 3. The maximum Gasteiger partial charge on any atom is 0.112 e. The van der Waals surface area contributed by atoms with E-state index in [0.29, 0.717) is 19.8 Å². The predicted octanol–water partition coefficient (Wildman–Crippen LogP) is 3.34. The van der Waals surface area contributed by atoms with Crippen LogP contribution in [0.1, 0.15) is 28.4 Å². The van der Waals surface area contributed by atoms with Gasteiger partial charge in [0.1, 0.15) is 12.2 Å². The first-order valence-corrected chi connectivity index (χ1v) is 9.27. The highest BCUT2D eigenvalue weighted by molar-refractivity contribution is 5.24. The third kappa shape index (κ3) is 3.55. The monoisotopic (exact) mass is 354 g/mol. The van der Waals surface area contributed by atoms with Gasteiger partial charge < -0.3 is 19.3 Å². The van der Waals surface area contributed by atoms with E-state index in [1.807, 2.05) is 31.2 Å². The molecule has 0 aromatic heterocycles. The molecule has 0 radical (unpaired) electrons. The van der Waals surface area contributed by atoms with Crippen molar-refractivity contribution in [2.45, 2.75) is 44.9 Å². The number of aliphatic hydroxyl groups is 1. The van der Waals surface area contributed by atoms with Gasteiger partial charge in [0.05, 0.1) is 32.0 Å². The number of hydrogen-bond donors (Lipinski definition) is 1. The molecule has 0 spiro atoms. The molecule has 2 heterocycles. The average Bonchev–Trinajstić information content (AvgIpc) is 3.24. The molecule has 5 unspecified atom stereocenters. The Bertz CT molecular complexity index is 725. The number of fused-ring (bicyclic) bond motifs is 1. The summed E-state index contributed by atoms with van der Waals surface area (Å²) in [5, 5.41) is 10.8. The van der Waals surface area contributed by atoms with E-state index in [9.17, 15) is 5.11 Å². The van der Waals surface area contributed by atoms with Gasteiger partial charge in [-0.2, -0.15) is 0 Å². The van der Waals surface area contributed by atoms with Crippen molar-refractivity contribution in [3.05, 3.63) is 70.8 Å². The first-order chi connectivity index (χ1) is 12.6. The van der Waals surface area contributed by atoms with Crippen molar-refractivity contribution in [3.8, 4) is 0 Å². The second-order valence-electron chi connectivity index (χ2n) is 7.45. The highest BCUT2D eigenvalue weighted by Crippen LogP contribution is 2.39. The lowest BCUT2D eigenvalue weighted by Crippen LogP contribution is -2.32. The van der Waals surface area contributed by atoms with Crippen molar-refractivity contribution in [2.75, 3.05) is 13.2 Å². The van der Waals surface area contributed by atoms with Crippen LogP contribution in [0.2, 0.25) is 0 Å². The summed E-state index contributed by atoms with van der Waals surface area (Å²) in [5.41, 5.74) is 4.49. The summed E-state index contributed by atoms with van der Waals surface area (Å²) in [5.74, 6) is -0.0596. The normalized spacial score (nSPS) is 28.9. The van der Waals surface area contributed by atoms with Crippen LogP contribution in [0, 0.1) is 19.8 Å². The SMILES string of the molecule is Cc1ccc(COC2COC3C(C(O)c4ccc(C)cc4)COC23)cc1. The smallest absolute Gasteiger partial charge is 0.112 e. The van der Waals surface area contributed by atoms with Gasteiger partial charge in [-0.15, -0.1) is 0 Å². The zero-order valence-corrected chi connectivity index (χ0v) is 15.3. The molecular weight excluding hydrogens is 328 g/mol. The van der Waals surface area contributed by atoms with Gasteiger partial charge in [0, 0.05) is 5.92 Å². The first kappa shape index (κ1) is 17.7. The highest BCUT2D eigenvalue weighted by atomic mass is 16.6. The number of aryl methyl sites for hydroxylation is 2. The standard InChI is InChI=1S/C22H26O4/c1-14-3-7-16(8-4-14)11-24-19-13-26-21-18(12-25-22(19)21)20(23)17-9-5-15(2)6-10-17/h3-10,18-23H,11-13H2,1-2H3. The summed E-state index contributed by atoms with van der Waals surface area (Å²) in [4.78, 5) is 0. The summed E-state index contributed by atoms with van der Waals surface area (Å²) >= 11 is 0. The topological polar surface area (TPSA) is 47.9 Å². The van der Waals surface area contributed by atoms with E-state index in [1.165, 1.54) is 11.1 Å². The highest BCUT2D eigenvalue weighted by Gasteiger charge is 2.50. The minimum Gasteiger partial charge on any atom is -0.388 e. The van der Waals surface area contributed by atoms with Crippen LogP contribution >= 0.6 is 0 Å². The zero-order chi connectivity index (χ0) is 18.1. The van der Waals surface area contributed by atoms with Gasteiger partial charge in [-0.1, -0.05) is 59.7 Å². The average molecular weight is 354 g/mol. The van der Waals surface area contributed by atoms with E-state index in [-0.39, 0.29) is 24.2 Å². The number of benzene rings is 2. The Morgan fingerprint density at radius 1 is 0.923 bits per heavy atom. The third-order valence-electron chi connectivity index (χ3n) is 5.46. The van der Waals surface area contributed by atoms with Crippen molar-refractivity contribution < 1.29 is 19.3 Å². The molecular formula is C22H26O4. The van der Waals surface area contributed by atoms with Crippen molar-refractivity contribution in [1.82, 2.24) is 0 Å². The molecule has 0 bridgehead atoms. The Hall–Kier alpha value is -1.72. The molecule has 5 atom stereocenters. The maximum absolute atomic E-state index is 10.8. The molecule has 2 fully saturated rings. The van der Waals surface area contributed by atoms with Crippen LogP contribution in [0.5, 0.6) is 0 Å². The Labute approximate surface area is 154 Å². The molecule has 2 saturated heterocycles. The summed E-state index contributed by atoms with van der Waals surface area (Å²) in [6.07, 6.45) is -0.891. The molecule has 4 rings (SSSR count). The summed E-state index contributed by atoms with van der Waals surface area (Å²) < 4.78 is 18.0. The quantitative estimate of drug-likeness (QED) is 0.895. The molecule has 2 aliphatic heterocycles. The molecule has 138 valence electrons. The first-order valence-electron chi connectivity index (χ1n) is 9.27. The van der Waals surface area contributed by atoms with E-state index in [2.05, 4.69) is 31.2 Å². The van der Waals surface area contributed by atoms with Gasteiger partial charge in [-0.05, 0) is 25.0 Å². The van der Waals surface area contributed by atoms with Gasteiger partial charge in [0.15, 0.2) is 0 Å². The Kier molecular flexibility index (Phi) is 5.09. The molecule has 2 aromatic carbocycles. The largest absolute Gasteiger partial charge is 0.388 e. The lowest BCUT2D eigenvalue weighted by Gasteiger charge is -2.22. The van der Waals surface area contributed by atoms with Crippen LogP contribution in [-0.4, -0.2) is 36.6 Å². The molecule has 0 saturated carbocycles. The Balaban J connectivity index is 1.37. The fourth-order valence-electron chi connectivity index (χ4n) is 3.81. The number of rotatable bonds is 5. The van der Waals surface area contributed by atoms with Crippen LogP contribution in [0.15, 0.2) is 48.5 Å². The van der Waals surface area contributed by atoms with Crippen molar-refractivity contribution in [1.29, 1.82) is 0 Å². The lowest BCUT2D eigenvalue weighted by atomic mass is 9.90. The molecule has 2 aliphatic rings. The van der Waals surface area contributed by atoms with E-state index < -0.39 is 6.10 Å². The molecule has 26 heavy (non-hydrogen) atoms. The van der Waals surface area contributed by atoms with E-state index in [4.69, 9.17) is 14.2 Å². The molecule has 0 aliphatic carbocycles. The van der Waals surface area contributed by atoms with E-state index in [1.54, 1.807) is 0 Å². The fourth-order valence-corrected chi connectivity index (χ4v) is 3.81. The number of aliphatic hydroxyl groups excluding tert-OH is 1. The lowest BCUT2D eigenvalue weighted by molar-refractivity contribution is -0.0441.